The van der Waals surface area contributed by atoms with E-state index in [4.69, 9.17) is 5.11 Å². The van der Waals surface area contributed by atoms with Crippen LogP contribution >= 0.6 is 11.3 Å². The molecule has 0 radical (unpaired) electrons. The Hall–Kier alpha value is -0.380. The van der Waals surface area contributed by atoms with Gasteiger partial charge in [0, 0.05) is 24.1 Å². The smallest absolute Gasteiger partial charge is 0.0471 e. The van der Waals surface area contributed by atoms with Crippen LogP contribution in [0.5, 0.6) is 0 Å². The summed E-state index contributed by atoms with van der Waals surface area (Å²) in [4.78, 5) is 3.90. The van der Waals surface area contributed by atoms with Gasteiger partial charge < -0.3 is 5.11 Å². The summed E-state index contributed by atoms with van der Waals surface area (Å²) in [7, 11) is 0. The molecule has 0 saturated carbocycles. The summed E-state index contributed by atoms with van der Waals surface area (Å²) < 4.78 is 0. The zero-order chi connectivity index (χ0) is 9.97. The van der Waals surface area contributed by atoms with Gasteiger partial charge in [-0.15, -0.1) is 11.3 Å². The number of nitrogens with zero attached hydrogens (tertiary/aromatic N) is 1. The summed E-state index contributed by atoms with van der Waals surface area (Å²) in [5, 5.41) is 11.2. The molecule has 1 aromatic rings. The number of hydrogen-bond donors (Lipinski definition) is 1. The van der Waals surface area contributed by atoms with Crippen LogP contribution in [-0.2, 0) is 0 Å². The van der Waals surface area contributed by atoms with Crippen molar-refractivity contribution in [2.45, 2.75) is 19.4 Å². The van der Waals surface area contributed by atoms with Gasteiger partial charge in [0.1, 0.15) is 0 Å². The van der Waals surface area contributed by atoms with Crippen molar-refractivity contribution in [3.05, 3.63) is 22.4 Å². The molecule has 0 unspecified atom stereocenters. The van der Waals surface area contributed by atoms with Crippen LogP contribution in [0.4, 0.5) is 0 Å². The van der Waals surface area contributed by atoms with Gasteiger partial charge in [0.05, 0.1) is 0 Å². The van der Waals surface area contributed by atoms with E-state index >= 15 is 0 Å². The third kappa shape index (κ3) is 2.00. The van der Waals surface area contributed by atoms with E-state index in [9.17, 15) is 0 Å². The van der Waals surface area contributed by atoms with Crippen LogP contribution in [0.15, 0.2) is 17.5 Å². The Balaban J connectivity index is 1.97. The number of thiophene rings is 1. The molecule has 0 bridgehead atoms. The molecule has 1 aromatic heterocycles. The summed E-state index contributed by atoms with van der Waals surface area (Å²) in [6.45, 7) is 4.78. The highest BCUT2D eigenvalue weighted by molar-refractivity contribution is 7.10. The first-order valence-corrected chi connectivity index (χ1v) is 6.07. The van der Waals surface area contributed by atoms with Crippen molar-refractivity contribution in [3.63, 3.8) is 0 Å². The van der Waals surface area contributed by atoms with Crippen LogP contribution in [0, 0.1) is 5.92 Å². The molecule has 1 aliphatic heterocycles. The fourth-order valence-corrected chi connectivity index (χ4v) is 2.89. The highest BCUT2D eigenvalue weighted by Gasteiger charge is 2.26. The van der Waals surface area contributed by atoms with Gasteiger partial charge in [0.25, 0.3) is 0 Å². The molecule has 3 heteroatoms. The van der Waals surface area contributed by atoms with Crippen molar-refractivity contribution >= 4 is 11.3 Å². The lowest BCUT2D eigenvalue weighted by Crippen LogP contribution is -2.24. The molecule has 0 aliphatic carbocycles. The Morgan fingerprint density at radius 3 is 3.14 bits per heavy atom. The summed E-state index contributed by atoms with van der Waals surface area (Å²) in [5.74, 6) is 0.498. The van der Waals surface area contributed by atoms with Gasteiger partial charge in [-0.2, -0.15) is 0 Å². The predicted molar refractivity (Wildman–Crippen MR) is 59.5 cm³/mol. The molecule has 0 aromatic carbocycles. The van der Waals surface area contributed by atoms with E-state index in [0.717, 1.165) is 19.5 Å². The second-order valence-corrected chi connectivity index (χ2v) is 5.00. The van der Waals surface area contributed by atoms with E-state index < -0.39 is 0 Å². The topological polar surface area (TPSA) is 23.5 Å². The third-order valence-corrected chi connectivity index (χ3v) is 4.12. The third-order valence-electron chi connectivity index (χ3n) is 3.08. The summed E-state index contributed by atoms with van der Waals surface area (Å²) in [6.07, 6.45) is 1.15. The average Bonchev–Trinajstić information content (AvgIpc) is 2.88. The maximum atomic E-state index is 9.07. The summed E-state index contributed by atoms with van der Waals surface area (Å²) in [5.41, 5.74) is 0. The molecule has 0 amide bonds. The molecule has 0 spiro atoms. The average molecular weight is 211 g/mol. The minimum atomic E-state index is 0.341. The van der Waals surface area contributed by atoms with Gasteiger partial charge in [0.15, 0.2) is 0 Å². The Morgan fingerprint density at radius 1 is 1.71 bits per heavy atom. The molecule has 2 atom stereocenters. The highest BCUT2D eigenvalue weighted by atomic mass is 32.1. The quantitative estimate of drug-likeness (QED) is 0.828. The van der Waals surface area contributed by atoms with Crippen molar-refractivity contribution in [1.82, 2.24) is 4.90 Å². The van der Waals surface area contributed by atoms with Crippen LogP contribution in [0.3, 0.4) is 0 Å². The van der Waals surface area contributed by atoms with Crippen molar-refractivity contribution in [1.29, 1.82) is 0 Å². The highest BCUT2D eigenvalue weighted by Crippen LogP contribution is 2.29. The Morgan fingerprint density at radius 2 is 2.57 bits per heavy atom. The van der Waals surface area contributed by atoms with E-state index in [-0.39, 0.29) is 0 Å². The van der Waals surface area contributed by atoms with Crippen LogP contribution in [0.1, 0.15) is 24.3 Å². The zero-order valence-electron chi connectivity index (χ0n) is 8.52. The Labute approximate surface area is 89.2 Å². The number of hydrogen-bond acceptors (Lipinski definition) is 3. The van der Waals surface area contributed by atoms with Crippen molar-refractivity contribution in [2.75, 3.05) is 19.7 Å². The van der Waals surface area contributed by atoms with Crippen LogP contribution in [0.25, 0.3) is 0 Å². The predicted octanol–water partition coefficient (Wildman–Crippen LogP) is 2.12. The van der Waals surface area contributed by atoms with Gasteiger partial charge in [-0.3, -0.25) is 4.90 Å². The van der Waals surface area contributed by atoms with E-state index in [1.165, 1.54) is 4.88 Å². The van der Waals surface area contributed by atoms with Gasteiger partial charge in [-0.1, -0.05) is 6.07 Å². The first-order valence-electron chi connectivity index (χ1n) is 5.19. The monoisotopic (exact) mass is 211 g/mol. The molecular weight excluding hydrogens is 194 g/mol. The SMILES string of the molecule is C[C@H](c1cccs1)N1CC[C@H](CO)C1. The lowest BCUT2D eigenvalue weighted by atomic mass is 10.1. The minimum Gasteiger partial charge on any atom is -0.396 e. The van der Waals surface area contributed by atoms with E-state index in [1.807, 2.05) is 11.3 Å². The van der Waals surface area contributed by atoms with Crippen LogP contribution in [-0.4, -0.2) is 29.7 Å². The Kier molecular flexibility index (Phi) is 3.21. The second-order valence-electron chi connectivity index (χ2n) is 4.02. The van der Waals surface area contributed by atoms with E-state index in [0.29, 0.717) is 18.6 Å². The lowest BCUT2D eigenvalue weighted by Gasteiger charge is -2.23. The normalized spacial score (nSPS) is 25.4. The number of aliphatic hydroxyl groups is 1. The van der Waals surface area contributed by atoms with Gasteiger partial charge in [0.2, 0.25) is 0 Å². The number of rotatable bonds is 3. The summed E-state index contributed by atoms with van der Waals surface area (Å²) in [6, 6.07) is 4.82. The van der Waals surface area contributed by atoms with Crippen LogP contribution in [0.2, 0.25) is 0 Å². The molecular formula is C11H17NOS. The minimum absolute atomic E-state index is 0.341. The van der Waals surface area contributed by atoms with Gasteiger partial charge >= 0.3 is 0 Å². The molecule has 1 N–H and O–H groups in total. The first-order chi connectivity index (χ1) is 6.81. The van der Waals surface area contributed by atoms with Gasteiger partial charge in [-0.25, -0.2) is 0 Å². The van der Waals surface area contributed by atoms with Crippen LogP contribution < -0.4 is 0 Å². The standard InChI is InChI=1S/C11H17NOS/c1-9(11-3-2-6-14-11)12-5-4-10(7-12)8-13/h2-3,6,9-10,13H,4-5,7-8H2,1H3/t9-,10+/m1/s1. The molecule has 2 nitrogen and oxygen atoms in total. The van der Waals surface area contributed by atoms with Crippen molar-refractivity contribution in [2.24, 2.45) is 5.92 Å². The first kappa shape index (κ1) is 10.1. The summed E-state index contributed by atoms with van der Waals surface area (Å²) >= 11 is 1.82. The lowest BCUT2D eigenvalue weighted by molar-refractivity contribution is 0.206. The molecule has 2 rings (SSSR count). The second kappa shape index (κ2) is 4.43. The number of likely N-dealkylation sites (tertiary alicyclic amines) is 1. The molecule has 78 valence electrons. The largest absolute Gasteiger partial charge is 0.396 e. The number of aliphatic hydroxyl groups excluding tert-OH is 1. The fourth-order valence-electron chi connectivity index (χ4n) is 2.07. The van der Waals surface area contributed by atoms with Gasteiger partial charge in [-0.05, 0) is 37.3 Å². The van der Waals surface area contributed by atoms with E-state index in [1.54, 1.807) is 0 Å². The van der Waals surface area contributed by atoms with Crippen molar-refractivity contribution < 1.29 is 5.11 Å². The van der Waals surface area contributed by atoms with E-state index in [2.05, 4.69) is 29.3 Å². The Bertz CT molecular complexity index is 273. The molecule has 14 heavy (non-hydrogen) atoms. The molecule has 2 heterocycles. The maximum absolute atomic E-state index is 9.07. The van der Waals surface area contributed by atoms with Crippen molar-refractivity contribution in [3.8, 4) is 0 Å². The molecule has 1 fully saturated rings. The maximum Gasteiger partial charge on any atom is 0.0471 e. The zero-order valence-corrected chi connectivity index (χ0v) is 9.33. The fraction of sp³-hybridized carbons (Fsp3) is 0.636. The molecule has 1 saturated heterocycles. The molecule has 1 aliphatic rings.